The van der Waals surface area contributed by atoms with E-state index in [1.165, 1.54) is 12.1 Å². The van der Waals surface area contributed by atoms with Crippen molar-refractivity contribution in [2.24, 2.45) is 0 Å². The Hall–Kier alpha value is -1.46. The van der Waals surface area contributed by atoms with Gasteiger partial charge in [-0.25, -0.2) is 9.18 Å². The van der Waals surface area contributed by atoms with E-state index in [4.69, 9.17) is 14.6 Å². The first kappa shape index (κ1) is 15.6. The fourth-order valence-electron chi connectivity index (χ4n) is 1.46. The minimum absolute atomic E-state index is 0.0725. The quantitative estimate of drug-likeness (QED) is 0.807. The molecule has 0 aliphatic heterocycles. The Kier molecular flexibility index (Phi) is 5.44. The average molecular weight is 270 g/mol. The SMILES string of the molecule is CC(C)(C)OCCOCc1ccc(F)cc1C(=O)O. The molecule has 0 fully saturated rings. The van der Waals surface area contributed by atoms with E-state index in [1.807, 2.05) is 20.8 Å². The Labute approximate surface area is 112 Å². The summed E-state index contributed by atoms with van der Waals surface area (Å²) in [6, 6.07) is 3.63. The lowest BCUT2D eigenvalue weighted by molar-refractivity contribution is -0.0377. The Balaban J connectivity index is 2.47. The van der Waals surface area contributed by atoms with Crippen molar-refractivity contribution in [3.63, 3.8) is 0 Å². The molecule has 0 unspecified atom stereocenters. The average Bonchev–Trinajstić information content (AvgIpc) is 2.28. The van der Waals surface area contributed by atoms with Gasteiger partial charge in [0.15, 0.2) is 0 Å². The van der Waals surface area contributed by atoms with Crippen LogP contribution in [0.1, 0.15) is 36.7 Å². The maximum atomic E-state index is 13.0. The number of ether oxygens (including phenoxy) is 2. The third-order valence-corrected chi connectivity index (χ3v) is 2.32. The first-order valence-corrected chi connectivity index (χ1v) is 6.03. The van der Waals surface area contributed by atoms with Gasteiger partial charge in [-0.05, 0) is 38.5 Å². The predicted octanol–water partition coefficient (Wildman–Crippen LogP) is 2.86. The standard InChI is InChI=1S/C14H19FO4/c1-14(2,3)19-7-6-18-9-10-4-5-11(15)8-12(10)13(16)17/h4-5,8H,6-7,9H2,1-3H3,(H,16,17). The third kappa shape index (κ3) is 5.81. The Bertz CT molecular complexity index is 438. The van der Waals surface area contributed by atoms with E-state index < -0.39 is 11.8 Å². The predicted molar refractivity (Wildman–Crippen MR) is 68.7 cm³/mol. The van der Waals surface area contributed by atoms with Gasteiger partial charge in [0.2, 0.25) is 0 Å². The number of carbonyl (C=O) groups is 1. The number of carboxylic acid groups (broad SMARTS) is 1. The molecule has 1 rings (SSSR count). The summed E-state index contributed by atoms with van der Waals surface area (Å²) in [7, 11) is 0. The summed E-state index contributed by atoms with van der Waals surface area (Å²) in [5.74, 6) is -1.73. The second-order valence-corrected chi connectivity index (χ2v) is 5.12. The van der Waals surface area contributed by atoms with Gasteiger partial charge in [-0.1, -0.05) is 6.07 Å². The number of hydrogen-bond acceptors (Lipinski definition) is 3. The van der Waals surface area contributed by atoms with Crippen LogP contribution in [0.2, 0.25) is 0 Å². The molecule has 0 heterocycles. The summed E-state index contributed by atoms with van der Waals surface area (Å²) in [5.41, 5.74) is 0.146. The van der Waals surface area contributed by atoms with Crippen molar-refractivity contribution >= 4 is 5.97 Å². The van der Waals surface area contributed by atoms with Crippen LogP contribution >= 0.6 is 0 Å². The van der Waals surface area contributed by atoms with E-state index >= 15 is 0 Å². The second-order valence-electron chi connectivity index (χ2n) is 5.12. The summed E-state index contributed by atoms with van der Waals surface area (Å²) < 4.78 is 23.8. The zero-order chi connectivity index (χ0) is 14.5. The maximum Gasteiger partial charge on any atom is 0.336 e. The van der Waals surface area contributed by atoms with Gasteiger partial charge in [0, 0.05) is 0 Å². The summed E-state index contributed by atoms with van der Waals surface area (Å²) in [4.78, 5) is 10.9. The molecule has 19 heavy (non-hydrogen) atoms. The van der Waals surface area contributed by atoms with Crippen molar-refractivity contribution in [1.29, 1.82) is 0 Å². The van der Waals surface area contributed by atoms with Crippen LogP contribution < -0.4 is 0 Å². The van der Waals surface area contributed by atoms with Crippen LogP contribution in [0, 0.1) is 5.82 Å². The van der Waals surface area contributed by atoms with E-state index in [9.17, 15) is 9.18 Å². The summed E-state index contributed by atoms with van der Waals surface area (Å²) in [5, 5.41) is 8.95. The topological polar surface area (TPSA) is 55.8 Å². The van der Waals surface area contributed by atoms with Crippen LogP contribution in [0.3, 0.4) is 0 Å². The Morgan fingerprint density at radius 1 is 1.32 bits per heavy atom. The van der Waals surface area contributed by atoms with Crippen LogP contribution in [0.25, 0.3) is 0 Å². The molecule has 4 nitrogen and oxygen atoms in total. The van der Waals surface area contributed by atoms with Crippen LogP contribution in [-0.2, 0) is 16.1 Å². The van der Waals surface area contributed by atoms with Gasteiger partial charge in [-0.3, -0.25) is 0 Å². The number of hydrogen-bond donors (Lipinski definition) is 1. The summed E-state index contributed by atoms with van der Waals surface area (Å²) in [6.45, 7) is 6.72. The monoisotopic (exact) mass is 270 g/mol. The third-order valence-electron chi connectivity index (χ3n) is 2.32. The minimum atomic E-state index is -1.16. The van der Waals surface area contributed by atoms with Crippen molar-refractivity contribution in [3.05, 3.63) is 35.1 Å². The summed E-state index contributed by atoms with van der Waals surface area (Å²) in [6.07, 6.45) is 0. The number of carboxylic acids is 1. The lowest BCUT2D eigenvalue weighted by atomic mass is 10.1. The van der Waals surface area contributed by atoms with Crippen molar-refractivity contribution in [1.82, 2.24) is 0 Å². The van der Waals surface area contributed by atoms with E-state index in [2.05, 4.69) is 0 Å². The fourth-order valence-corrected chi connectivity index (χ4v) is 1.46. The van der Waals surface area contributed by atoms with E-state index in [-0.39, 0.29) is 17.8 Å². The van der Waals surface area contributed by atoms with Crippen molar-refractivity contribution < 1.29 is 23.8 Å². The number of halogens is 1. The van der Waals surface area contributed by atoms with E-state index in [0.717, 1.165) is 6.07 Å². The van der Waals surface area contributed by atoms with Gasteiger partial charge in [-0.15, -0.1) is 0 Å². The molecule has 0 bridgehead atoms. The molecule has 0 atom stereocenters. The van der Waals surface area contributed by atoms with Gasteiger partial charge in [0.05, 0.1) is 31.0 Å². The molecule has 0 spiro atoms. The minimum Gasteiger partial charge on any atom is -0.478 e. The Morgan fingerprint density at radius 3 is 2.58 bits per heavy atom. The zero-order valence-electron chi connectivity index (χ0n) is 11.4. The molecule has 0 amide bonds. The maximum absolute atomic E-state index is 13.0. The zero-order valence-corrected chi connectivity index (χ0v) is 11.4. The normalized spacial score (nSPS) is 11.6. The molecule has 1 N–H and O–H groups in total. The second kappa shape index (κ2) is 6.63. The molecule has 0 aromatic heterocycles. The highest BCUT2D eigenvalue weighted by Gasteiger charge is 2.12. The highest BCUT2D eigenvalue weighted by molar-refractivity contribution is 5.89. The molecule has 0 aliphatic carbocycles. The molecule has 5 heteroatoms. The molecule has 106 valence electrons. The number of aromatic carboxylic acids is 1. The van der Waals surface area contributed by atoms with Crippen LogP contribution in [0.15, 0.2) is 18.2 Å². The first-order valence-electron chi connectivity index (χ1n) is 6.03. The molecule has 0 saturated heterocycles. The van der Waals surface area contributed by atoms with Gasteiger partial charge >= 0.3 is 5.97 Å². The van der Waals surface area contributed by atoms with Crippen LogP contribution in [-0.4, -0.2) is 29.9 Å². The molecule has 1 aromatic carbocycles. The lowest BCUT2D eigenvalue weighted by Crippen LogP contribution is -2.21. The van der Waals surface area contributed by atoms with Crippen molar-refractivity contribution in [2.75, 3.05) is 13.2 Å². The number of rotatable bonds is 6. The fraction of sp³-hybridized carbons (Fsp3) is 0.500. The van der Waals surface area contributed by atoms with Gasteiger partial charge in [-0.2, -0.15) is 0 Å². The van der Waals surface area contributed by atoms with Gasteiger partial charge < -0.3 is 14.6 Å². The molecule has 1 aromatic rings. The van der Waals surface area contributed by atoms with Gasteiger partial charge in [0.25, 0.3) is 0 Å². The molecule has 0 saturated carbocycles. The molecular formula is C14H19FO4. The molecule has 0 aliphatic rings. The van der Waals surface area contributed by atoms with Crippen LogP contribution in [0.5, 0.6) is 0 Å². The highest BCUT2D eigenvalue weighted by atomic mass is 19.1. The molecule has 0 radical (unpaired) electrons. The highest BCUT2D eigenvalue weighted by Crippen LogP contribution is 2.13. The van der Waals surface area contributed by atoms with E-state index in [1.54, 1.807) is 0 Å². The van der Waals surface area contributed by atoms with Crippen molar-refractivity contribution in [3.8, 4) is 0 Å². The van der Waals surface area contributed by atoms with Gasteiger partial charge in [0.1, 0.15) is 5.82 Å². The largest absolute Gasteiger partial charge is 0.478 e. The van der Waals surface area contributed by atoms with E-state index in [0.29, 0.717) is 18.8 Å². The summed E-state index contributed by atoms with van der Waals surface area (Å²) >= 11 is 0. The Morgan fingerprint density at radius 2 is 2.00 bits per heavy atom. The van der Waals surface area contributed by atoms with Crippen LogP contribution in [0.4, 0.5) is 4.39 Å². The molecular weight excluding hydrogens is 251 g/mol. The smallest absolute Gasteiger partial charge is 0.336 e. The first-order chi connectivity index (χ1) is 8.79. The van der Waals surface area contributed by atoms with Crippen molar-refractivity contribution in [2.45, 2.75) is 33.0 Å². The lowest BCUT2D eigenvalue weighted by Gasteiger charge is -2.19. The number of benzene rings is 1.